The van der Waals surface area contributed by atoms with Crippen LogP contribution >= 0.6 is 0 Å². The molecule has 0 radical (unpaired) electrons. The Morgan fingerprint density at radius 2 is 1.06 bits per heavy atom. The molecule has 0 bridgehead atoms. The van der Waals surface area contributed by atoms with Crippen LogP contribution in [0, 0.1) is 5.92 Å². The molecule has 10 rings (SSSR count). The summed E-state index contributed by atoms with van der Waals surface area (Å²) in [5, 5.41) is 0. The third-order valence-corrected chi connectivity index (χ3v) is 11.5. The SMILES string of the molecule is CCC1(C2c3ccccc3N3c4cccnc4N(c4ccccc4)C23)c2ccccc2N2c3ncccc3N(c3ccccc3)C2C1C. The highest BCUT2D eigenvalue weighted by Gasteiger charge is 2.64. The Kier molecular flexibility index (Phi) is 5.83. The fourth-order valence-electron chi connectivity index (χ4n) is 9.75. The van der Waals surface area contributed by atoms with E-state index < -0.39 is 0 Å². The molecule has 234 valence electrons. The lowest BCUT2D eigenvalue weighted by atomic mass is 9.56. The number of anilines is 8. The van der Waals surface area contributed by atoms with Crippen LogP contribution in [0.15, 0.2) is 146 Å². The molecule has 6 heteroatoms. The lowest BCUT2D eigenvalue weighted by Gasteiger charge is -2.56. The molecule has 0 saturated carbocycles. The van der Waals surface area contributed by atoms with Crippen molar-refractivity contribution in [3.63, 3.8) is 0 Å². The number of aromatic nitrogens is 2. The maximum absolute atomic E-state index is 5.06. The second-order valence-corrected chi connectivity index (χ2v) is 13.4. The first-order chi connectivity index (χ1) is 23.7. The van der Waals surface area contributed by atoms with Gasteiger partial charge in [-0.15, -0.1) is 0 Å². The smallest absolute Gasteiger partial charge is 0.158 e. The molecule has 0 spiro atoms. The third-order valence-electron chi connectivity index (χ3n) is 11.5. The number of rotatable bonds is 4. The predicted molar refractivity (Wildman–Crippen MR) is 194 cm³/mol. The summed E-state index contributed by atoms with van der Waals surface area (Å²) >= 11 is 0. The first kappa shape index (κ1) is 27.5. The number of para-hydroxylation sites is 4. The molecule has 0 amide bonds. The highest BCUT2D eigenvalue weighted by molar-refractivity contribution is 5.92. The zero-order valence-electron chi connectivity index (χ0n) is 27.1. The second-order valence-electron chi connectivity index (χ2n) is 13.4. The van der Waals surface area contributed by atoms with E-state index in [2.05, 4.69) is 167 Å². The molecule has 0 aliphatic carbocycles. The van der Waals surface area contributed by atoms with E-state index in [0.717, 1.165) is 35.1 Å². The van der Waals surface area contributed by atoms with Crippen molar-refractivity contribution in [2.24, 2.45) is 5.92 Å². The van der Waals surface area contributed by atoms with Crippen molar-refractivity contribution < 1.29 is 0 Å². The minimum atomic E-state index is -0.253. The minimum absolute atomic E-state index is 0.00350. The average molecular weight is 625 g/mol. The molecule has 0 saturated heterocycles. The van der Waals surface area contributed by atoms with E-state index in [9.17, 15) is 0 Å². The molecule has 4 aromatic carbocycles. The van der Waals surface area contributed by atoms with Gasteiger partial charge >= 0.3 is 0 Å². The molecule has 6 nitrogen and oxygen atoms in total. The zero-order valence-corrected chi connectivity index (χ0v) is 27.1. The van der Waals surface area contributed by atoms with Gasteiger partial charge in [-0.2, -0.15) is 0 Å². The minimum Gasteiger partial charge on any atom is -0.317 e. The van der Waals surface area contributed by atoms with E-state index in [-0.39, 0.29) is 29.6 Å². The van der Waals surface area contributed by atoms with E-state index in [0.29, 0.717) is 0 Å². The fraction of sp³-hybridized carbons (Fsp3) is 0.190. The van der Waals surface area contributed by atoms with Crippen molar-refractivity contribution >= 4 is 45.8 Å². The van der Waals surface area contributed by atoms with Crippen molar-refractivity contribution in [2.45, 2.75) is 43.9 Å². The number of pyridine rings is 2. The normalized spacial score (nSPS) is 24.5. The highest BCUT2D eigenvalue weighted by Crippen LogP contribution is 2.67. The van der Waals surface area contributed by atoms with Crippen LogP contribution in [-0.4, -0.2) is 22.3 Å². The van der Waals surface area contributed by atoms with E-state index >= 15 is 0 Å². The molecule has 2 aromatic heterocycles. The highest BCUT2D eigenvalue weighted by atomic mass is 15.5. The molecule has 5 unspecified atom stereocenters. The first-order valence-corrected chi connectivity index (χ1v) is 17.1. The van der Waals surface area contributed by atoms with Gasteiger partial charge in [0.25, 0.3) is 0 Å². The molecule has 0 N–H and O–H groups in total. The van der Waals surface area contributed by atoms with Crippen LogP contribution in [0.3, 0.4) is 0 Å². The van der Waals surface area contributed by atoms with Crippen LogP contribution in [0.5, 0.6) is 0 Å². The van der Waals surface area contributed by atoms with Gasteiger partial charge in [0.1, 0.15) is 12.3 Å². The van der Waals surface area contributed by atoms with E-state index in [1.54, 1.807) is 0 Å². The lowest BCUT2D eigenvalue weighted by Crippen LogP contribution is -2.60. The van der Waals surface area contributed by atoms with Crippen molar-refractivity contribution in [3.05, 3.63) is 157 Å². The van der Waals surface area contributed by atoms with Gasteiger partial charge in [-0.3, -0.25) is 0 Å². The van der Waals surface area contributed by atoms with Gasteiger partial charge in [-0.1, -0.05) is 86.6 Å². The van der Waals surface area contributed by atoms with Crippen LogP contribution in [0.1, 0.15) is 37.3 Å². The summed E-state index contributed by atoms with van der Waals surface area (Å²) in [6.45, 7) is 4.91. The van der Waals surface area contributed by atoms with E-state index in [1.165, 1.54) is 28.2 Å². The quantitative estimate of drug-likeness (QED) is 0.194. The summed E-state index contributed by atoms with van der Waals surface area (Å²) in [6.07, 6.45) is 4.87. The lowest BCUT2D eigenvalue weighted by molar-refractivity contribution is 0.174. The van der Waals surface area contributed by atoms with Gasteiger partial charge in [-0.05, 0) is 78.2 Å². The number of fused-ring (bicyclic) bond motifs is 10. The summed E-state index contributed by atoms with van der Waals surface area (Å²) in [4.78, 5) is 20.3. The topological polar surface area (TPSA) is 38.7 Å². The van der Waals surface area contributed by atoms with Gasteiger partial charge in [0.15, 0.2) is 11.6 Å². The molecule has 5 atom stereocenters. The Balaban J connectivity index is 1.26. The molecule has 0 fully saturated rings. The van der Waals surface area contributed by atoms with Crippen molar-refractivity contribution in [3.8, 4) is 0 Å². The molecule has 48 heavy (non-hydrogen) atoms. The van der Waals surface area contributed by atoms with Crippen LogP contribution in [0.25, 0.3) is 0 Å². The molecular formula is C42H36N6. The van der Waals surface area contributed by atoms with Gasteiger partial charge < -0.3 is 19.6 Å². The first-order valence-electron chi connectivity index (χ1n) is 17.1. The maximum Gasteiger partial charge on any atom is 0.158 e. The van der Waals surface area contributed by atoms with Crippen molar-refractivity contribution in [1.82, 2.24) is 9.97 Å². The van der Waals surface area contributed by atoms with Crippen LogP contribution in [0.4, 0.5) is 45.8 Å². The maximum atomic E-state index is 5.06. The summed E-state index contributed by atoms with van der Waals surface area (Å²) in [7, 11) is 0. The Morgan fingerprint density at radius 1 is 0.521 bits per heavy atom. The van der Waals surface area contributed by atoms with Crippen LogP contribution < -0.4 is 19.6 Å². The van der Waals surface area contributed by atoms with Gasteiger partial charge in [0, 0.05) is 52.4 Å². The Hall–Kier alpha value is -5.62. The average Bonchev–Trinajstić information content (AvgIpc) is 3.79. The largest absolute Gasteiger partial charge is 0.317 e. The van der Waals surface area contributed by atoms with Crippen LogP contribution in [0.2, 0.25) is 0 Å². The predicted octanol–water partition coefficient (Wildman–Crippen LogP) is 9.80. The fourth-order valence-corrected chi connectivity index (χ4v) is 9.75. The molecule has 4 aliphatic heterocycles. The van der Waals surface area contributed by atoms with Crippen molar-refractivity contribution in [1.29, 1.82) is 0 Å². The molecule has 6 heterocycles. The monoisotopic (exact) mass is 624 g/mol. The number of hydrogen-bond acceptors (Lipinski definition) is 6. The Morgan fingerprint density at radius 3 is 1.75 bits per heavy atom. The number of benzene rings is 4. The third kappa shape index (κ3) is 3.42. The summed E-state index contributed by atoms with van der Waals surface area (Å²) < 4.78 is 0. The second kappa shape index (κ2) is 10.2. The van der Waals surface area contributed by atoms with Gasteiger partial charge in [-0.25, -0.2) is 9.97 Å². The summed E-state index contributed by atoms with van der Waals surface area (Å²) in [6, 6.07) is 48.6. The standard InChI is InChI=1S/C42H36N6/c1-3-42(37-31-20-10-12-22-33(31)47-36-25-15-26-43-38(36)46(41(37)47)30-18-8-5-9-19-30)28(2)40-45(29-16-6-4-7-17-29)35-24-14-27-44-39(35)48(40)34-23-13-11-21-32(34)42/h4-28,37,40-41H,3H2,1-2H3. The summed E-state index contributed by atoms with van der Waals surface area (Å²) in [5.74, 6) is 2.35. The Labute approximate surface area is 281 Å². The van der Waals surface area contributed by atoms with Crippen molar-refractivity contribution in [2.75, 3.05) is 19.6 Å². The Bertz CT molecular complexity index is 2150. The number of nitrogens with zero attached hydrogens (tertiary/aromatic N) is 6. The van der Waals surface area contributed by atoms with E-state index in [4.69, 9.17) is 9.97 Å². The zero-order chi connectivity index (χ0) is 32.0. The summed E-state index contributed by atoms with van der Waals surface area (Å²) in [5.41, 5.74) is 9.72. The van der Waals surface area contributed by atoms with E-state index in [1.807, 2.05) is 12.4 Å². The van der Waals surface area contributed by atoms with Gasteiger partial charge in [0.05, 0.1) is 11.4 Å². The van der Waals surface area contributed by atoms with Crippen LogP contribution in [-0.2, 0) is 5.41 Å². The van der Waals surface area contributed by atoms with Gasteiger partial charge in [0.2, 0.25) is 0 Å². The molecule has 6 aromatic rings. The number of hydrogen-bond donors (Lipinski definition) is 0. The molecular weight excluding hydrogens is 589 g/mol. The molecule has 4 aliphatic rings.